The number of hydrogen-bond acceptors (Lipinski definition) is 4. The van der Waals surface area contributed by atoms with Gasteiger partial charge in [-0.1, -0.05) is 42.5 Å². The molecule has 4 aromatic rings. The van der Waals surface area contributed by atoms with Crippen LogP contribution < -0.4 is 15.7 Å². The molecule has 0 unspecified atom stereocenters. The Kier molecular flexibility index (Phi) is 6.08. The van der Waals surface area contributed by atoms with Gasteiger partial charge in [0, 0.05) is 31.1 Å². The fourth-order valence-corrected chi connectivity index (χ4v) is 3.40. The second-order valence-corrected chi connectivity index (χ2v) is 7.07. The Morgan fingerprint density at radius 2 is 1.83 bits per heavy atom. The van der Waals surface area contributed by atoms with Crippen molar-refractivity contribution in [3.63, 3.8) is 0 Å². The first-order valence-corrected chi connectivity index (χ1v) is 10.1. The third-order valence-corrected chi connectivity index (χ3v) is 4.91. The van der Waals surface area contributed by atoms with Crippen LogP contribution in [0.4, 0.5) is 0 Å². The second-order valence-electron chi connectivity index (χ2n) is 7.07. The quantitative estimate of drug-likeness (QED) is 0.435. The molecule has 0 aliphatic carbocycles. The third kappa shape index (κ3) is 4.51. The molecule has 0 fully saturated rings. The smallest absolute Gasteiger partial charge is 0.350 e. The zero-order valence-corrected chi connectivity index (χ0v) is 16.7. The van der Waals surface area contributed by atoms with Crippen LogP contribution >= 0.6 is 0 Å². The first-order valence-electron chi connectivity index (χ1n) is 10.1. The molecule has 0 saturated carbocycles. The van der Waals surface area contributed by atoms with Gasteiger partial charge in [0.2, 0.25) is 5.91 Å². The Morgan fingerprint density at radius 3 is 2.73 bits per heavy atom. The number of carbonyl (C=O) groups is 1. The fraction of sp³-hybridized carbons (Fsp3) is 0.261. The molecule has 0 radical (unpaired) electrons. The number of aryl methyl sites for hydroxylation is 1. The Hall–Kier alpha value is -3.61. The highest BCUT2D eigenvalue weighted by atomic mass is 16.5. The van der Waals surface area contributed by atoms with Crippen molar-refractivity contribution in [2.75, 3.05) is 13.2 Å². The van der Waals surface area contributed by atoms with Gasteiger partial charge in [-0.2, -0.15) is 0 Å². The van der Waals surface area contributed by atoms with Crippen LogP contribution in [-0.2, 0) is 11.3 Å². The normalized spacial score (nSPS) is 11.1. The van der Waals surface area contributed by atoms with Crippen LogP contribution in [0.5, 0.6) is 5.75 Å². The predicted molar refractivity (Wildman–Crippen MR) is 116 cm³/mol. The van der Waals surface area contributed by atoms with E-state index in [9.17, 15) is 9.59 Å². The number of pyridine rings is 1. The van der Waals surface area contributed by atoms with Crippen LogP contribution in [0.15, 0.2) is 71.7 Å². The van der Waals surface area contributed by atoms with E-state index in [4.69, 9.17) is 4.74 Å². The summed E-state index contributed by atoms with van der Waals surface area (Å²) in [5.74, 6) is 0.824. The van der Waals surface area contributed by atoms with Gasteiger partial charge in [0.1, 0.15) is 5.75 Å². The Balaban J connectivity index is 1.16. The molecule has 1 amide bonds. The molecule has 1 N–H and O–H groups in total. The van der Waals surface area contributed by atoms with E-state index in [1.807, 2.05) is 36.4 Å². The molecule has 0 aliphatic rings. The lowest BCUT2D eigenvalue weighted by Gasteiger charge is -2.09. The maximum Gasteiger partial charge on any atom is 0.350 e. The van der Waals surface area contributed by atoms with Gasteiger partial charge in [0.05, 0.1) is 6.61 Å². The summed E-state index contributed by atoms with van der Waals surface area (Å²) in [6, 6.07) is 19.5. The number of amides is 1. The molecule has 2 heterocycles. The molecule has 0 spiro atoms. The maximum atomic E-state index is 12.2. The number of aromatic nitrogens is 3. The van der Waals surface area contributed by atoms with Crippen molar-refractivity contribution >= 4 is 22.3 Å². The fourth-order valence-electron chi connectivity index (χ4n) is 3.40. The highest BCUT2D eigenvalue weighted by molar-refractivity contribution is 5.88. The number of benzene rings is 2. The average molecular weight is 404 g/mol. The minimum atomic E-state index is -0.164. The van der Waals surface area contributed by atoms with E-state index in [0.29, 0.717) is 44.6 Å². The number of carbonyl (C=O) groups excluding carboxylic acids is 1. The van der Waals surface area contributed by atoms with E-state index in [1.165, 1.54) is 9.08 Å². The van der Waals surface area contributed by atoms with Crippen molar-refractivity contribution in [3.8, 4) is 5.75 Å². The number of hydrogen-bond donors (Lipinski definition) is 1. The zero-order valence-electron chi connectivity index (χ0n) is 16.7. The third-order valence-electron chi connectivity index (χ3n) is 4.91. The number of fused-ring (bicyclic) bond motifs is 2. The van der Waals surface area contributed by atoms with E-state index < -0.39 is 0 Å². The van der Waals surface area contributed by atoms with Crippen molar-refractivity contribution in [2.24, 2.45) is 0 Å². The molecule has 30 heavy (non-hydrogen) atoms. The van der Waals surface area contributed by atoms with Crippen molar-refractivity contribution in [3.05, 3.63) is 77.3 Å². The molecule has 154 valence electrons. The van der Waals surface area contributed by atoms with Crippen LogP contribution in [0.25, 0.3) is 16.4 Å². The number of rotatable bonds is 9. The van der Waals surface area contributed by atoms with Crippen LogP contribution in [0.3, 0.4) is 0 Å². The molecule has 4 rings (SSSR count). The number of nitrogens with one attached hydrogen (secondary N) is 1. The minimum absolute atomic E-state index is 0.0149. The molecule has 0 aliphatic heterocycles. The molecule has 7 heteroatoms. The van der Waals surface area contributed by atoms with Gasteiger partial charge in [-0.05, 0) is 36.4 Å². The summed E-state index contributed by atoms with van der Waals surface area (Å²) in [6.45, 7) is 1.45. The highest BCUT2D eigenvalue weighted by Crippen LogP contribution is 2.25. The van der Waals surface area contributed by atoms with Gasteiger partial charge < -0.3 is 10.1 Å². The van der Waals surface area contributed by atoms with Gasteiger partial charge in [-0.25, -0.2) is 9.48 Å². The first kappa shape index (κ1) is 19.7. The van der Waals surface area contributed by atoms with Crippen molar-refractivity contribution in [1.82, 2.24) is 19.5 Å². The van der Waals surface area contributed by atoms with Crippen molar-refractivity contribution in [1.29, 1.82) is 0 Å². The average Bonchev–Trinajstić information content (AvgIpc) is 3.10. The summed E-state index contributed by atoms with van der Waals surface area (Å²) in [5.41, 5.74) is 0.459. The molecule has 0 bridgehead atoms. The molecular formula is C23H24N4O3. The summed E-state index contributed by atoms with van der Waals surface area (Å²) in [6.07, 6.45) is 3.38. The van der Waals surface area contributed by atoms with Crippen LogP contribution in [0, 0.1) is 0 Å². The van der Waals surface area contributed by atoms with E-state index in [2.05, 4.69) is 22.5 Å². The van der Waals surface area contributed by atoms with Crippen LogP contribution in [0.2, 0.25) is 0 Å². The second kappa shape index (κ2) is 9.26. The lowest BCUT2D eigenvalue weighted by atomic mass is 10.1. The SMILES string of the molecule is O=C(CCCOc1cccc2ccccc12)NCCCn1nc2ccccn2c1=O. The molecule has 2 aromatic heterocycles. The summed E-state index contributed by atoms with van der Waals surface area (Å²) < 4.78 is 8.81. The molecule has 7 nitrogen and oxygen atoms in total. The summed E-state index contributed by atoms with van der Waals surface area (Å²) >= 11 is 0. The largest absolute Gasteiger partial charge is 0.493 e. The van der Waals surface area contributed by atoms with Gasteiger partial charge >= 0.3 is 5.69 Å². The Bertz CT molecular complexity index is 1210. The molecule has 0 atom stereocenters. The van der Waals surface area contributed by atoms with Gasteiger partial charge in [0.15, 0.2) is 5.65 Å². The van der Waals surface area contributed by atoms with Gasteiger partial charge in [0.25, 0.3) is 0 Å². The van der Waals surface area contributed by atoms with Gasteiger partial charge in [-0.15, -0.1) is 5.10 Å². The highest BCUT2D eigenvalue weighted by Gasteiger charge is 2.06. The predicted octanol–water partition coefficient (Wildman–Crippen LogP) is 3.01. The maximum absolute atomic E-state index is 12.2. The van der Waals surface area contributed by atoms with Crippen molar-refractivity contribution < 1.29 is 9.53 Å². The minimum Gasteiger partial charge on any atom is -0.493 e. The van der Waals surface area contributed by atoms with E-state index in [0.717, 1.165) is 16.5 Å². The summed E-state index contributed by atoms with van der Waals surface area (Å²) in [4.78, 5) is 24.2. The lowest BCUT2D eigenvalue weighted by molar-refractivity contribution is -0.121. The Morgan fingerprint density at radius 1 is 1.00 bits per heavy atom. The van der Waals surface area contributed by atoms with Crippen LogP contribution in [0.1, 0.15) is 19.3 Å². The van der Waals surface area contributed by atoms with Crippen LogP contribution in [-0.4, -0.2) is 33.2 Å². The van der Waals surface area contributed by atoms with E-state index >= 15 is 0 Å². The molecule has 2 aromatic carbocycles. The Labute approximate surface area is 173 Å². The topological polar surface area (TPSA) is 77.6 Å². The number of nitrogens with zero attached hydrogens (tertiary/aromatic N) is 3. The van der Waals surface area contributed by atoms with Crippen molar-refractivity contribution in [2.45, 2.75) is 25.8 Å². The molecule has 0 saturated heterocycles. The first-order chi connectivity index (χ1) is 14.7. The van der Waals surface area contributed by atoms with E-state index in [1.54, 1.807) is 18.3 Å². The number of ether oxygens (including phenoxy) is 1. The lowest BCUT2D eigenvalue weighted by Crippen LogP contribution is -2.27. The summed E-state index contributed by atoms with van der Waals surface area (Å²) in [7, 11) is 0. The monoisotopic (exact) mass is 404 g/mol. The van der Waals surface area contributed by atoms with Gasteiger partial charge in [-0.3, -0.25) is 9.20 Å². The molecular weight excluding hydrogens is 380 g/mol. The van der Waals surface area contributed by atoms with E-state index in [-0.39, 0.29) is 11.6 Å². The summed E-state index contributed by atoms with van der Waals surface area (Å²) in [5, 5.41) is 9.38. The zero-order chi connectivity index (χ0) is 20.8. The standard InChI is InChI=1S/C23H24N4O3/c28-22(13-6-17-30-20-11-5-9-18-8-1-2-10-19(18)20)24-14-7-16-27-23(29)26-15-4-3-12-21(26)25-27/h1-5,8-12,15H,6-7,13-14,16-17H2,(H,24,28).